The summed E-state index contributed by atoms with van der Waals surface area (Å²) in [7, 11) is 0. The van der Waals surface area contributed by atoms with E-state index in [1.54, 1.807) is 18.2 Å². The van der Waals surface area contributed by atoms with Crippen LogP contribution in [0.15, 0.2) is 29.2 Å². The van der Waals surface area contributed by atoms with Crippen LogP contribution in [-0.2, 0) is 0 Å². The minimum atomic E-state index is -0.383. The molecule has 0 aliphatic heterocycles. The molecule has 0 spiro atoms. The second-order valence-corrected chi connectivity index (χ2v) is 4.39. The summed E-state index contributed by atoms with van der Waals surface area (Å²) < 4.78 is 0. The van der Waals surface area contributed by atoms with Gasteiger partial charge in [-0.2, -0.15) is 0 Å². The predicted molar refractivity (Wildman–Crippen MR) is 60.1 cm³/mol. The van der Waals surface area contributed by atoms with E-state index in [2.05, 4.69) is 0 Å². The van der Waals surface area contributed by atoms with E-state index in [1.165, 1.54) is 17.8 Å². The monoisotopic (exact) mass is 227 g/mol. The Kier molecular flexibility index (Phi) is 4.58. The molecule has 82 valence electrons. The summed E-state index contributed by atoms with van der Waals surface area (Å²) in [5.41, 5.74) is 0.132. The Bertz CT molecular complexity index is 343. The van der Waals surface area contributed by atoms with E-state index >= 15 is 0 Å². The maximum Gasteiger partial charge on any atom is 0.282 e. The molecule has 0 bridgehead atoms. The Balaban J connectivity index is 2.72. The highest BCUT2D eigenvalue weighted by atomic mass is 32.2. The number of thioether (sulfide) groups is 1. The lowest BCUT2D eigenvalue weighted by Crippen LogP contribution is -2.03. The van der Waals surface area contributed by atoms with Gasteiger partial charge in [0.15, 0.2) is 0 Å². The molecule has 1 N–H and O–H groups in total. The lowest BCUT2D eigenvalue weighted by molar-refractivity contribution is -0.387. The summed E-state index contributed by atoms with van der Waals surface area (Å²) >= 11 is 1.41. The minimum Gasteiger partial charge on any atom is -0.396 e. The zero-order chi connectivity index (χ0) is 11.3. The van der Waals surface area contributed by atoms with Gasteiger partial charge in [0.2, 0.25) is 0 Å². The van der Waals surface area contributed by atoms with Crippen LogP contribution in [0.1, 0.15) is 6.92 Å². The van der Waals surface area contributed by atoms with Crippen molar-refractivity contribution >= 4 is 17.4 Å². The molecule has 0 heterocycles. The van der Waals surface area contributed by atoms with Crippen molar-refractivity contribution in [3.8, 4) is 0 Å². The summed E-state index contributed by atoms with van der Waals surface area (Å²) in [5.74, 6) is 0.830. The lowest BCUT2D eigenvalue weighted by atomic mass is 10.2. The number of hydrogen-bond donors (Lipinski definition) is 1. The first-order chi connectivity index (χ1) is 7.15. The molecule has 1 aromatic rings. The van der Waals surface area contributed by atoms with Crippen LogP contribution in [0.5, 0.6) is 0 Å². The predicted octanol–water partition coefficient (Wildman–Crippen LogP) is 2.32. The summed E-state index contributed by atoms with van der Waals surface area (Å²) in [6.45, 7) is 2.01. The van der Waals surface area contributed by atoms with E-state index < -0.39 is 0 Å². The van der Waals surface area contributed by atoms with Crippen LogP contribution < -0.4 is 0 Å². The van der Waals surface area contributed by atoms with Crippen molar-refractivity contribution in [2.45, 2.75) is 11.8 Å². The van der Waals surface area contributed by atoms with Gasteiger partial charge in [-0.3, -0.25) is 10.1 Å². The molecule has 0 aromatic heterocycles. The first-order valence-electron chi connectivity index (χ1n) is 4.62. The molecule has 0 fully saturated rings. The molecular weight excluding hydrogens is 214 g/mol. The van der Waals surface area contributed by atoms with Gasteiger partial charge in [-0.15, -0.1) is 11.8 Å². The molecule has 0 aliphatic rings. The topological polar surface area (TPSA) is 63.4 Å². The number of benzene rings is 1. The molecule has 1 rings (SSSR count). The zero-order valence-corrected chi connectivity index (χ0v) is 9.24. The fourth-order valence-corrected chi connectivity index (χ4v) is 2.05. The molecule has 15 heavy (non-hydrogen) atoms. The molecule has 4 nitrogen and oxygen atoms in total. The third-order valence-electron chi connectivity index (χ3n) is 1.90. The van der Waals surface area contributed by atoms with Gasteiger partial charge in [0.05, 0.1) is 9.82 Å². The highest BCUT2D eigenvalue weighted by molar-refractivity contribution is 7.99. The largest absolute Gasteiger partial charge is 0.396 e. The van der Waals surface area contributed by atoms with Crippen molar-refractivity contribution in [1.29, 1.82) is 0 Å². The number of aliphatic hydroxyl groups is 1. The average Bonchev–Trinajstić information content (AvgIpc) is 2.26. The number of nitro benzene ring substituents is 1. The Hall–Kier alpha value is -1.07. The Morgan fingerprint density at radius 2 is 2.20 bits per heavy atom. The van der Waals surface area contributed by atoms with Crippen molar-refractivity contribution in [2.75, 3.05) is 12.4 Å². The second-order valence-electron chi connectivity index (χ2n) is 3.32. The normalized spacial score (nSPS) is 12.4. The van der Waals surface area contributed by atoms with E-state index in [1.807, 2.05) is 6.92 Å². The van der Waals surface area contributed by atoms with Crippen LogP contribution >= 0.6 is 11.8 Å². The van der Waals surface area contributed by atoms with Crippen molar-refractivity contribution in [3.63, 3.8) is 0 Å². The summed E-state index contributed by atoms with van der Waals surface area (Å²) in [4.78, 5) is 11.0. The van der Waals surface area contributed by atoms with Gasteiger partial charge in [0.1, 0.15) is 0 Å². The van der Waals surface area contributed by atoms with Gasteiger partial charge >= 0.3 is 0 Å². The molecular formula is C10H13NO3S. The lowest BCUT2D eigenvalue weighted by Gasteiger charge is -2.06. The zero-order valence-electron chi connectivity index (χ0n) is 8.42. The summed E-state index contributed by atoms with van der Waals surface area (Å²) in [6.07, 6.45) is 0. The van der Waals surface area contributed by atoms with Crippen LogP contribution in [0.2, 0.25) is 0 Å². The van der Waals surface area contributed by atoms with Gasteiger partial charge in [-0.05, 0) is 12.0 Å². The van der Waals surface area contributed by atoms with Gasteiger partial charge in [0, 0.05) is 18.4 Å². The van der Waals surface area contributed by atoms with Crippen LogP contribution in [-0.4, -0.2) is 22.4 Å². The molecule has 1 aromatic carbocycles. The van der Waals surface area contributed by atoms with Gasteiger partial charge in [-0.1, -0.05) is 19.1 Å². The quantitative estimate of drug-likeness (QED) is 0.476. The van der Waals surface area contributed by atoms with Crippen molar-refractivity contribution in [1.82, 2.24) is 0 Å². The molecule has 0 unspecified atom stereocenters. The number of nitro groups is 1. The maximum atomic E-state index is 10.7. The maximum absolute atomic E-state index is 10.7. The van der Waals surface area contributed by atoms with Crippen LogP contribution in [0, 0.1) is 16.0 Å². The van der Waals surface area contributed by atoms with Gasteiger partial charge < -0.3 is 5.11 Å². The molecule has 0 aliphatic carbocycles. The number of rotatable bonds is 5. The SMILES string of the molecule is C[C@H](CO)CSc1ccccc1[N+](=O)[O-]. The smallest absolute Gasteiger partial charge is 0.282 e. The average molecular weight is 227 g/mol. The first-order valence-corrected chi connectivity index (χ1v) is 5.60. The highest BCUT2D eigenvalue weighted by Crippen LogP contribution is 2.29. The number of aliphatic hydroxyl groups excluding tert-OH is 1. The van der Waals surface area contributed by atoms with E-state index in [9.17, 15) is 10.1 Å². The fourth-order valence-electron chi connectivity index (χ4n) is 1.01. The van der Waals surface area contributed by atoms with E-state index in [-0.39, 0.29) is 23.1 Å². The molecule has 5 heteroatoms. The summed E-state index contributed by atoms with van der Waals surface area (Å²) in [5, 5.41) is 19.5. The molecule has 0 amide bonds. The number of nitrogens with zero attached hydrogens (tertiary/aromatic N) is 1. The molecule has 0 radical (unpaired) electrons. The first kappa shape index (κ1) is 12.0. The van der Waals surface area contributed by atoms with Crippen molar-refractivity contribution in [2.24, 2.45) is 5.92 Å². The van der Waals surface area contributed by atoms with E-state index in [0.29, 0.717) is 10.6 Å². The number of hydrogen-bond acceptors (Lipinski definition) is 4. The third kappa shape index (κ3) is 3.53. The van der Waals surface area contributed by atoms with Crippen LogP contribution in [0.3, 0.4) is 0 Å². The molecule has 0 saturated carbocycles. The van der Waals surface area contributed by atoms with Crippen molar-refractivity contribution < 1.29 is 10.0 Å². The Labute approximate surface area is 92.5 Å². The van der Waals surface area contributed by atoms with Crippen molar-refractivity contribution in [3.05, 3.63) is 34.4 Å². The van der Waals surface area contributed by atoms with Gasteiger partial charge in [-0.25, -0.2) is 0 Å². The van der Waals surface area contributed by atoms with Crippen LogP contribution in [0.25, 0.3) is 0 Å². The minimum absolute atomic E-state index is 0.105. The highest BCUT2D eigenvalue weighted by Gasteiger charge is 2.13. The Morgan fingerprint density at radius 3 is 2.80 bits per heavy atom. The third-order valence-corrected chi connectivity index (χ3v) is 3.29. The number of para-hydroxylation sites is 1. The second kappa shape index (κ2) is 5.72. The molecule has 1 atom stereocenters. The molecule has 0 saturated heterocycles. The fraction of sp³-hybridized carbons (Fsp3) is 0.400. The van der Waals surface area contributed by atoms with Gasteiger partial charge in [0.25, 0.3) is 5.69 Å². The summed E-state index contributed by atoms with van der Waals surface area (Å²) in [6, 6.07) is 6.65. The van der Waals surface area contributed by atoms with E-state index in [4.69, 9.17) is 5.11 Å². The van der Waals surface area contributed by atoms with Crippen LogP contribution in [0.4, 0.5) is 5.69 Å². The van der Waals surface area contributed by atoms with E-state index in [0.717, 1.165) is 0 Å². The Morgan fingerprint density at radius 1 is 1.53 bits per heavy atom. The standard InChI is InChI=1S/C10H13NO3S/c1-8(6-12)7-15-10-5-3-2-4-9(10)11(13)14/h2-5,8,12H,6-7H2,1H3/t8-/m1/s1.